The first-order valence-corrected chi connectivity index (χ1v) is 8.84. The zero-order valence-corrected chi connectivity index (χ0v) is 15.1. The highest BCUT2D eigenvalue weighted by molar-refractivity contribution is 6.03. The second kappa shape index (κ2) is 6.41. The number of amides is 1. The van der Waals surface area contributed by atoms with Crippen LogP contribution in [0.3, 0.4) is 0 Å². The van der Waals surface area contributed by atoms with Gasteiger partial charge in [0.15, 0.2) is 5.76 Å². The number of carbonyl (C=O) groups is 1. The molecule has 0 spiro atoms. The number of nitrogens with zero attached hydrogens (tertiary/aromatic N) is 6. The van der Waals surface area contributed by atoms with Gasteiger partial charge >= 0.3 is 5.91 Å². The van der Waals surface area contributed by atoms with Crippen LogP contribution in [-0.4, -0.2) is 36.4 Å². The van der Waals surface area contributed by atoms with Gasteiger partial charge in [-0.05, 0) is 35.9 Å². The predicted molar refractivity (Wildman–Crippen MR) is 102 cm³/mol. The summed E-state index contributed by atoms with van der Waals surface area (Å²) in [5.41, 5.74) is 4.19. The molecule has 0 aliphatic carbocycles. The first-order valence-electron chi connectivity index (χ1n) is 8.84. The van der Waals surface area contributed by atoms with E-state index < -0.39 is 0 Å². The number of rotatable bonds is 3. The van der Waals surface area contributed by atoms with Crippen molar-refractivity contribution in [2.75, 3.05) is 0 Å². The minimum absolute atomic E-state index is 0.251. The fourth-order valence-corrected chi connectivity index (χ4v) is 3.47. The van der Waals surface area contributed by atoms with Crippen molar-refractivity contribution >= 4 is 22.7 Å². The fourth-order valence-electron chi connectivity index (χ4n) is 3.47. The third-order valence-electron chi connectivity index (χ3n) is 4.85. The van der Waals surface area contributed by atoms with Crippen molar-refractivity contribution in [3.63, 3.8) is 0 Å². The average Bonchev–Trinajstić information content (AvgIpc) is 3.47. The molecule has 138 valence electrons. The monoisotopic (exact) mass is 372 g/mol. The second-order valence-corrected chi connectivity index (χ2v) is 6.54. The Labute approximate surface area is 160 Å². The number of fused-ring (bicyclic) bond motifs is 1. The first-order chi connectivity index (χ1) is 13.7. The summed E-state index contributed by atoms with van der Waals surface area (Å²) in [5.74, 6) is -0.0352. The standard InChI is InChI=1S/C20H16N6O2/c1-25-17(6-7-23-25)16-12-18(26(24-16)20(27)19-3-2-10-28-19)13-4-5-14-15(11-13)22-9-8-21-14/h2-11,18H,12H2,1H3/t18-/m0/s1. The first kappa shape index (κ1) is 16.4. The largest absolute Gasteiger partial charge is 0.459 e. The van der Waals surface area contributed by atoms with Gasteiger partial charge in [0.25, 0.3) is 0 Å². The molecule has 1 amide bonds. The molecule has 0 N–H and O–H groups in total. The van der Waals surface area contributed by atoms with Crippen molar-refractivity contribution in [1.29, 1.82) is 0 Å². The highest BCUT2D eigenvalue weighted by Gasteiger charge is 2.35. The molecule has 5 rings (SSSR count). The molecule has 1 aliphatic rings. The quantitative estimate of drug-likeness (QED) is 0.552. The van der Waals surface area contributed by atoms with Crippen LogP contribution in [0.1, 0.15) is 34.3 Å². The number of benzene rings is 1. The van der Waals surface area contributed by atoms with Gasteiger partial charge in [-0.3, -0.25) is 19.4 Å². The second-order valence-electron chi connectivity index (χ2n) is 6.54. The van der Waals surface area contributed by atoms with Gasteiger partial charge in [0.05, 0.1) is 34.7 Å². The van der Waals surface area contributed by atoms with E-state index in [0.29, 0.717) is 6.42 Å². The van der Waals surface area contributed by atoms with Gasteiger partial charge < -0.3 is 4.42 Å². The highest BCUT2D eigenvalue weighted by Crippen LogP contribution is 2.34. The van der Waals surface area contributed by atoms with Crippen LogP contribution < -0.4 is 0 Å². The van der Waals surface area contributed by atoms with E-state index in [1.54, 1.807) is 35.4 Å². The molecule has 8 nitrogen and oxygen atoms in total. The average molecular weight is 372 g/mol. The van der Waals surface area contributed by atoms with E-state index in [-0.39, 0.29) is 17.7 Å². The van der Waals surface area contributed by atoms with Crippen LogP contribution in [0.15, 0.2) is 70.8 Å². The number of aryl methyl sites for hydroxylation is 1. The molecule has 8 heteroatoms. The predicted octanol–water partition coefficient (Wildman–Crippen LogP) is 2.95. The molecule has 0 saturated heterocycles. The molecular formula is C20H16N6O2. The SMILES string of the molecule is Cn1nccc1C1=NN(C(=O)c2ccco2)[C@H](c2ccc3nccnc3c2)C1. The topological polar surface area (TPSA) is 89.4 Å². The summed E-state index contributed by atoms with van der Waals surface area (Å²) in [6.07, 6.45) is 7.08. The van der Waals surface area contributed by atoms with Crippen LogP contribution in [0.2, 0.25) is 0 Å². The molecule has 0 bridgehead atoms. The van der Waals surface area contributed by atoms with Gasteiger partial charge in [-0.1, -0.05) is 6.07 Å². The van der Waals surface area contributed by atoms with Gasteiger partial charge in [-0.15, -0.1) is 0 Å². The normalized spacial score (nSPS) is 16.5. The zero-order chi connectivity index (χ0) is 19.1. The highest BCUT2D eigenvalue weighted by atomic mass is 16.3. The lowest BCUT2D eigenvalue weighted by Gasteiger charge is -2.21. The lowest BCUT2D eigenvalue weighted by molar-refractivity contribution is 0.0678. The Morgan fingerprint density at radius 2 is 1.96 bits per heavy atom. The molecule has 1 aliphatic heterocycles. The molecule has 1 atom stereocenters. The van der Waals surface area contributed by atoms with Crippen LogP contribution in [0, 0.1) is 0 Å². The minimum atomic E-state index is -0.286. The Kier molecular flexibility index (Phi) is 3.75. The fraction of sp³-hybridized carbons (Fsp3) is 0.150. The van der Waals surface area contributed by atoms with E-state index in [2.05, 4.69) is 20.2 Å². The maximum Gasteiger partial charge on any atom is 0.310 e. The molecule has 4 aromatic rings. The van der Waals surface area contributed by atoms with Crippen molar-refractivity contribution in [2.24, 2.45) is 12.1 Å². The third kappa shape index (κ3) is 2.66. The number of hydrazone groups is 1. The lowest BCUT2D eigenvalue weighted by atomic mass is 10.00. The van der Waals surface area contributed by atoms with Crippen LogP contribution in [0.4, 0.5) is 0 Å². The lowest BCUT2D eigenvalue weighted by Crippen LogP contribution is -2.26. The van der Waals surface area contributed by atoms with Gasteiger partial charge in [-0.25, -0.2) is 5.01 Å². The maximum atomic E-state index is 13.0. The third-order valence-corrected chi connectivity index (χ3v) is 4.85. The van der Waals surface area contributed by atoms with E-state index in [0.717, 1.165) is 28.0 Å². The molecule has 4 heterocycles. The summed E-state index contributed by atoms with van der Waals surface area (Å²) in [5, 5.41) is 10.3. The van der Waals surface area contributed by atoms with Gasteiger partial charge in [-0.2, -0.15) is 10.2 Å². The number of hydrogen-bond donors (Lipinski definition) is 0. The summed E-state index contributed by atoms with van der Waals surface area (Å²) in [7, 11) is 1.86. The van der Waals surface area contributed by atoms with Crippen molar-refractivity contribution in [3.05, 3.63) is 78.3 Å². The number of hydrogen-bond acceptors (Lipinski definition) is 6. The molecule has 1 aromatic carbocycles. The minimum Gasteiger partial charge on any atom is -0.459 e. The molecule has 0 radical (unpaired) electrons. The Morgan fingerprint density at radius 1 is 1.11 bits per heavy atom. The molecule has 0 fully saturated rings. The van der Waals surface area contributed by atoms with Gasteiger partial charge in [0.2, 0.25) is 0 Å². The van der Waals surface area contributed by atoms with E-state index >= 15 is 0 Å². The van der Waals surface area contributed by atoms with Crippen LogP contribution in [0.5, 0.6) is 0 Å². The Morgan fingerprint density at radius 3 is 2.71 bits per heavy atom. The Balaban J connectivity index is 1.58. The van der Waals surface area contributed by atoms with Crippen molar-refractivity contribution in [1.82, 2.24) is 24.8 Å². The molecular weight excluding hydrogens is 356 g/mol. The van der Waals surface area contributed by atoms with E-state index in [4.69, 9.17) is 4.42 Å². The Bertz CT molecular complexity index is 1190. The summed E-state index contributed by atoms with van der Waals surface area (Å²) in [6, 6.07) is 10.8. The van der Waals surface area contributed by atoms with E-state index in [9.17, 15) is 4.79 Å². The number of carbonyl (C=O) groups excluding carboxylic acids is 1. The van der Waals surface area contributed by atoms with Crippen molar-refractivity contribution in [3.8, 4) is 0 Å². The summed E-state index contributed by atoms with van der Waals surface area (Å²) >= 11 is 0. The molecule has 0 saturated carbocycles. The Hall–Kier alpha value is -3.81. The van der Waals surface area contributed by atoms with Crippen molar-refractivity contribution in [2.45, 2.75) is 12.5 Å². The zero-order valence-electron chi connectivity index (χ0n) is 15.1. The van der Waals surface area contributed by atoms with Gasteiger partial charge in [0, 0.05) is 32.1 Å². The van der Waals surface area contributed by atoms with E-state index in [1.165, 1.54) is 11.3 Å². The van der Waals surface area contributed by atoms with E-state index in [1.807, 2.05) is 31.3 Å². The maximum absolute atomic E-state index is 13.0. The molecule has 3 aromatic heterocycles. The smallest absolute Gasteiger partial charge is 0.310 e. The summed E-state index contributed by atoms with van der Waals surface area (Å²) < 4.78 is 7.06. The van der Waals surface area contributed by atoms with Crippen LogP contribution in [0.25, 0.3) is 11.0 Å². The van der Waals surface area contributed by atoms with Crippen molar-refractivity contribution < 1.29 is 9.21 Å². The molecule has 0 unspecified atom stereocenters. The molecule has 28 heavy (non-hydrogen) atoms. The number of furan rings is 1. The number of aromatic nitrogens is 4. The summed E-state index contributed by atoms with van der Waals surface area (Å²) in [4.78, 5) is 21.7. The van der Waals surface area contributed by atoms with Gasteiger partial charge in [0.1, 0.15) is 0 Å². The van der Waals surface area contributed by atoms with Crippen LogP contribution in [-0.2, 0) is 7.05 Å². The van der Waals surface area contributed by atoms with Crippen LogP contribution >= 0.6 is 0 Å². The summed E-state index contributed by atoms with van der Waals surface area (Å²) in [6.45, 7) is 0.